The minimum absolute atomic E-state index is 0.0993. The number of hydrazine groups is 1. The standard InChI is InChI=1S/C15H29N3O4/c1-9(2)12-10(8-11(19)17-16)21-15(6,7)18(12)13(20)22-14(3,4)5/h9-10,12H,8,16H2,1-7H3,(H,17,19)/t10-,12-/m0/s1. The van der Waals surface area contributed by atoms with Gasteiger partial charge in [0, 0.05) is 0 Å². The molecule has 128 valence electrons. The topological polar surface area (TPSA) is 93.9 Å². The van der Waals surface area contributed by atoms with E-state index in [0.717, 1.165) is 0 Å². The Bertz CT molecular complexity index is 429. The fraction of sp³-hybridized carbons (Fsp3) is 0.867. The summed E-state index contributed by atoms with van der Waals surface area (Å²) in [6.07, 6.45) is -0.764. The molecular weight excluding hydrogens is 286 g/mol. The normalized spacial score (nSPS) is 24.5. The van der Waals surface area contributed by atoms with Crippen molar-refractivity contribution < 1.29 is 19.1 Å². The number of amides is 2. The number of nitrogens with two attached hydrogens (primary N) is 1. The summed E-state index contributed by atoms with van der Waals surface area (Å²) >= 11 is 0. The largest absolute Gasteiger partial charge is 0.444 e. The Morgan fingerprint density at radius 2 is 1.91 bits per heavy atom. The molecule has 0 spiro atoms. The molecule has 7 heteroatoms. The van der Waals surface area contributed by atoms with Crippen LogP contribution in [0.5, 0.6) is 0 Å². The predicted molar refractivity (Wildman–Crippen MR) is 82.6 cm³/mol. The van der Waals surface area contributed by atoms with Crippen molar-refractivity contribution in [1.29, 1.82) is 0 Å². The summed E-state index contributed by atoms with van der Waals surface area (Å²) in [6.45, 7) is 13.0. The summed E-state index contributed by atoms with van der Waals surface area (Å²) in [5.41, 5.74) is 0.661. The summed E-state index contributed by atoms with van der Waals surface area (Å²) in [5, 5.41) is 0. The van der Waals surface area contributed by atoms with E-state index < -0.39 is 23.5 Å². The Morgan fingerprint density at radius 3 is 2.32 bits per heavy atom. The Hall–Kier alpha value is -1.34. The second-order valence-electron chi connectivity index (χ2n) is 7.46. The third-order valence-corrected chi connectivity index (χ3v) is 3.52. The van der Waals surface area contributed by atoms with Gasteiger partial charge in [0.2, 0.25) is 5.91 Å². The highest BCUT2D eigenvalue weighted by atomic mass is 16.6. The van der Waals surface area contributed by atoms with Crippen molar-refractivity contribution in [2.75, 3.05) is 0 Å². The molecule has 2 amide bonds. The van der Waals surface area contributed by atoms with Crippen LogP contribution in [0.2, 0.25) is 0 Å². The SMILES string of the molecule is CC(C)[C@H]1[C@H](CC(=O)NN)OC(C)(C)N1C(=O)OC(C)(C)C. The van der Waals surface area contributed by atoms with E-state index >= 15 is 0 Å². The van der Waals surface area contributed by atoms with Crippen LogP contribution in [0.1, 0.15) is 54.9 Å². The maximum absolute atomic E-state index is 12.6. The summed E-state index contributed by atoms with van der Waals surface area (Å²) in [4.78, 5) is 25.8. The van der Waals surface area contributed by atoms with E-state index in [1.54, 1.807) is 18.7 Å². The van der Waals surface area contributed by atoms with Crippen LogP contribution >= 0.6 is 0 Å². The van der Waals surface area contributed by atoms with Gasteiger partial charge in [0.05, 0.1) is 18.6 Å². The number of hydrogen-bond donors (Lipinski definition) is 2. The van der Waals surface area contributed by atoms with Gasteiger partial charge in [0.15, 0.2) is 0 Å². The predicted octanol–water partition coefficient (Wildman–Crippen LogP) is 1.76. The number of rotatable bonds is 3. The molecule has 2 atom stereocenters. The summed E-state index contributed by atoms with van der Waals surface area (Å²) < 4.78 is 11.5. The lowest BCUT2D eigenvalue weighted by Crippen LogP contribution is -2.52. The second-order valence-corrected chi connectivity index (χ2v) is 7.46. The number of nitrogens with one attached hydrogen (secondary N) is 1. The number of nitrogens with zero attached hydrogens (tertiary/aromatic N) is 1. The minimum Gasteiger partial charge on any atom is -0.444 e. The van der Waals surface area contributed by atoms with E-state index in [4.69, 9.17) is 15.3 Å². The van der Waals surface area contributed by atoms with Gasteiger partial charge >= 0.3 is 6.09 Å². The van der Waals surface area contributed by atoms with Crippen molar-refractivity contribution in [3.8, 4) is 0 Å². The Morgan fingerprint density at radius 1 is 1.36 bits per heavy atom. The Kier molecular flexibility index (Phi) is 5.46. The van der Waals surface area contributed by atoms with E-state index in [1.807, 2.05) is 34.6 Å². The van der Waals surface area contributed by atoms with Crippen LogP contribution in [0.4, 0.5) is 4.79 Å². The second kappa shape index (κ2) is 6.42. The zero-order chi connectivity index (χ0) is 17.3. The molecule has 0 aromatic rings. The van der Waals surface area contributed by atoms with Crippen molar-refractivity contribution >= 4 is 12.0 Å². The zero-order valence-corrected chi connectivity index (χ0v) is 14.6. The zero-order valence-electron chi connectivity index (χ0n) is 14.6. The van der Waals surface area contributed by atoms with E-state index in [2.05, 4.69) is 5.43 Å². The van der Waals surface area contributed by atoms with Gasteiger partial charge in [-0.3, -0.25) is 15.1 Å². The van der Waals surface area contributed by atoms with Crippen LogP contribution in [0, 0.1) is 5.92 Å². The highest BCUT2D eigenvalue weighted by molar-refractivity contribution is 5.76. The highest BCUT2D eigenvalue weighted by Crippen LogP contribution is 2.38. The maximum Gasteiger partial charge on any atom is 0.412 e. The molecule has 0 aliphatic carbocycles. The molecule has 0 saturated carbocycles. The van der Waals surface area contributed by atoms with Crippen molar-refractivity contribution in [2.24, 2.45) is 11.8 Å². The van der Waals surface area contributed by atoms with Gasteiger partial charge in [-0.1, -0.05) is 13.8 Å². The van der Waals surface area contributed by atoms with Crippen molar-refractivity contribution in [1.82, 2.24) is 10.3 Å². The van der Waals surface area contributed by atoms with Gasteiger partial charge < -0.3 is 9.47 Å². The molecule has 1 aliphatic rings. The summed E-state index contributed by atoms with van der Waals surface area (Å²) in [5.74, 6) is 4.94. The van der Waals surface area contributed by atoms with Gasteiger partial charge in [-0.25, -0.2) is 10.6 Å². The third-order valence-electron chi connectivity index (χ3n) is 3.52. The molecule has 7 nitrogen and oxygen atoms in total. The van der Waals surface area contributed by atoms with Gasteiger partial charge in [-0.15, -0.1) is 0 Å². The summed E-state index contributed by atoms with van der Waals surface area (Å²) in [7, 11) is 0. The first kappa shape index (κ1) is 18.7. The van der Waals surface area contributed by atoms with Gasteiger partial charge in [-0.2, -0.15) is 0 Å². The van der Waals surface area contributed by atoms with E-state index in [-0.39, 0.29) is 24.3 Å². The maximum atomic E-state index is 12.6. The van der Waals surface area contributed by atoms with Crippen molar-refractivity contribution in [2.45, 2.75) is 78.4 Å². The number of hydrogen-bond acceptors (Lipinski definition) is 5. The number of carbonyl (C=O) groups excluding carboxylic acids is 2. The van der Waals surface area contributed by atoms with Gasteiger partial charge in [0.1, 0.15) is 11.3 Å². The molecule has 1 fully saturated rings. The monoisotopic (exact) mass is 315 g/mol. The summed E-state index contributed by atoms with van der Waals surface area (Å²) in [6, 6.07) is -0.262. The van der Waals surface area contributed by atoms with Crippen LogP contribution in [0.15, 0.2) is 0 Å². The molecule has 0 unspecified atom stereocenters. The number of carbonyl (C=O) groups is 2. The van der Waals surface area contributed by atoms with Crippen LogP contribution in [0.25, 0.3) is 0 Å². The molecule has 1 saturated heterocycles. The van der Waals surface area contributed by atoms with E-state index in [1.165, 1.54) is 0 Å². The van der Waals surface area contributed by atoms with Gasteiger partial charge in [0.25, 0.3) is 0 Å². The van der Waals surface area contributed by atoms with E-state index in [0.29, 0.717) is 0 Å². The molecule has 0 bridgehead atoms. The smallest absolute Gasteiger partial charge is 0.412 e. The number of ether oxygens (including phenoxy) is 2. The Labute approximate surface area is 132 Å². The molecule has 0 radical (unpaired) electrons. The highest BCUT2D eigenvalue weighted by Gasteiger charge is 2.52. The van der Waals surface area contributed by atoms with Crippen molar-refractivity contribution in [3.05, 3.63) is 0 Å². The van der Waals surface area contributed by atoms with Crippen LogP contribution in [-0.2, 0) is 14.3 Å². The first-order valence-electron chi connectivity index (χ1n) is 7.58. The molecule has 0 aromatic heterocycles. The Balaban J connectivity index is 3.06. The first-order chi connectivity index (χ1) is 9.89. The fourth-order valence-corrected chi connectivity index (χ4v) is 2.81. The molecule has 1 aliphatic heterocycles. The lowest BCUT2D eigenvalue weighted by Gasteiger charge is -2.36. The molecular formula is C15H29N3O4. The molecule has 0 aromatic carbocycles. The van der Waals surface area contributed by atoms with E-state index in [9.17, 15) is 9.59 Å². The quantitative estimate of drug-likeness (QED) is 0.470. The van der Waals surface area contributed by atoms with Crippen LogP contribution < -0.4 is 11.3 Å². The average Bonchev–Trinajstić information content (AvgIpc) is 2.57. The van der Waals surface area contributed by atoms with Crippen molar-refractivity contribution in [3.63, 3.8) is 0 Å². The van der Waals surface area contributed by atoms with Gasteiger partial charge in [-0.05, 0) is 40.5 Å². The molecule has 1 rings (SSSR count). The fourth-order valence-electron chi connectivity index (χ4n) is 2.81. The lowest BCUT2D eigenvalue weighted by atomic mass is 9.95. The average molecular weight is 315 g/mol. The molecule has 22 heavy (non-hydrogen) atoms. The molecule has 3 N–H and O–H groups in total. The lowest BCUT2D eigenvalue weighted by molar-refractivity contribution is -0.126. The third kappa shape index (κ3) is 4.33. The minimum atomic E-state index is -0.850. The van der Waals surface area contributed by atoms with Crippen LogP contribution in [-0.4, -0.2) is 40.4 Å². The van der Waals surface area contributed by atoms with Crippen LogP contribution in [0.3, 0.4) is 0 Å². The molecule has 1 heterocycles. The first-order valence-corrected chi connectivity index (χ1v) is 7.58.